The van der Waals surface area contributed by atoms with Gasteiger partial charge in [-0.2, -0.15) is 0 Å². The van der Waals surface area contributed by atoms with E-state index in [0.29, 0.717) is 12.6 Å². The van der Waals surface area contributed by atoms with Gasteiger partial charge in [0.1, 0.15) is 0 Å². The molecule has 4 unspecified atom stereocenters. The lowest BCUT2D eigenvalue weighted by Gasteiger charge is -2.38. The van der Waals surface area contributed by atoms with Gasteiger partial charge in [-0.3, -0.25) is 0 Å². The largest absolute Gasteiger partial charge is 0.396 e. The Labute approximate surface area is 117 Å². The van der Waals surface area contributed by atoms with Gasteiger partial charge in [-0.1, -0.05) is 31.4 Å². The molecule has 0 heterocycles. The minimum atomic E-state index is 0.181. The Bertz CT molecular complexity index is 332. The molecule has 2 heteroatoms. The first-order valence-electron chi connectivity index (χ1n) is 8.25. The van der Waals surface area contributed by atoms with Crippen molar-refractivity contribution in [2.75, 3.05) is 13.2 Å². The number of hydrogen-bond donors (Lipinski definition) is 2. The number of fused-ring (bicyclic) bond motifs is 2. The Kier molecular flexibility index (Phi) is 4.00. The SMILES string of the molecule is CC(NCC1(CO)CCCCC1)C1CC2C=CC1C2. The molecule has 0 aromatic rings. The van der Waals surface area contributed by atoms with Crippen molar-refractivity contribution in [2.45, 2.75) is 57.9 Å². The Morgan fingerprint density at radius 1 is 1.21 bits per heavy atom. The molecule has 0 spiro atoms. The fourth-order valence-electron chi connectivity index (χ4n) is 4.62. The third-order valence-electron chi connectivity index (χ3n) is 6.02. The van der Waals surface area contributed by atoms with E-state index in [9.17, 15) is 5.11 Å². The second-order valence-corrected chi connectivity index (χ2v) is 7.33. The predicted octanol–water partition coefficient (Wildman–Crippen LogP) is 3.12. The molecule has 2 saturated carbocycles. The minimum absolute atomic E-state index is 0.181. The van der Waals surface area contributed by atoms with Crippen LogP contribution in [0.3, 0.4) is 0 Å². The van der Waals surface area contributed by atoms with Gasteiger partial charge in [0.05, 0.1) is 0 Å². The fraction of sp³-hybridized carbons (Fsp3) is 0.882. The maximum atomic E-state index is 9.77. The molecule has 2 bridgehead atoms. The zero-order chi connectivity index (χ0) is 13.3. The molecular weight excluding hydrogens is 234 g/mol. The second-order valence-electron chi connectivity index (χ2n) is 7.33. The van der Waals surface area contributed by atoms with Gasteiger partial charge >= 0.3 is 0 Å². The van der Waals surface area contributed by atoms with Gasteiger partial charge < -0.3 is 10.4 Å². The average Bonchev–Trinajstić information content (AvgIpc) is 3.08. The third kappa shape index (κ3) is 2.75. The summed E-state index contributed by atoms with van der Waals surface area (Å²) in [6.07, 6.45) is 14.0. The van der Waals surface area contributed by atoms with Gasteiger partial charge in [0.25, 0.3) is 0 Å². The van der Waals surface area contributed by atoms with Crippen LogP contribution in [0.4, 0.5) is 0 Å². The zero-order valence-corrected chi connectivity index (χ0v) is 12.3. The number of aliphatic hydroxyl groups is 1. The van der Waals surface area contributed by atoms with Gasteiger partial charge in [0.15, 0.2) is 0 Å². The van der Waals surface area contributed by atoms with Crippen LogP contribution in [-0.4, -0.2) is 24.3 Å². The summed E-state index contributed by atoms with van der Waals surface area (Å²) in [7, 11) is 0. The molecular formula is C17H29NO. The molecule has 0 amide bonds. The summed E-state index contributed by atoms with van der Waals surface area (Å²) in [5.74, 6) is 2.51. The van der Waals surface area contributed by atoms with Gasteiger partial charge in [-0.05, 0) is 50.4 Å². The molecule has 0 saturated heterocycles. The van der Waals surface area contributed by atoms with Crippen molar-refractivity contribution in [3.8, 4) is 0 Å². The maximum absolute atomic E-state index is 9.77. The van der Waals surface area contributed by atoms with E-state index in [0.717, 1.165) is 24.3 Å². The average molecular weight is 263 g/mol. The molecule has 19 heavy (non-hydrogen) atoms. The van der Waals surface area contributed by atoms with Crippen LogP contribution in [0.1, 0.15) is 51.9 Å². The van der Waals surface area contributed by atoms with E-state index < -0.39 is 0 Å². The quantitative estimate of drug-likeness (QED) is 0.747. The highest BCUT2D eigenvalue weighted by Gasteiger charge is 2.39. The summed E-state index contributed by atoms with van der Waals surface area (Å²) >= 11 is 0. The summed E-state index contributed by atoms with van der Waals surface area (Å²) in [4.78, 5) is 0. The molecule has 0 radical (unpaired) electrons. The van der Waals surface area contributed by atoms with Crippen molar-refractivity contribution in [3.05, 3.63) is 12.2 Å². The maximum Gasteiger partial charge on any atom is 0.0499 e. The standard InChI is InChI=1S/C17H29NO/c1-13(16-10-14-5-6-15(16)9-14)18-11-17(12-19)7-3-2-4-8-17/h5-6,13-16,18-19H,2-4,7-12H2,1H3. The van der Waals surface area contributed by atoms with Crippen molar-refractivity contribution in [3.63, 3.8) is 0 Å². The lowest BCUT2D eigenvalue weighted by atomic mass is 9.74. The van der Waals surface area contributed by atoms with E-state index >= 15 is 0 Å². The highest BCUT2D eigenvalue weighted by atomic mass is 16.3. The lowest BCUT2D eigenvalue weighted by molar-refractivity contribution is 0.0757. The van der Waals surface area contributed by atoms with Crippen molar-refractivity contribution >= 4 is 0 Å². The van der Waals surface area contributed by atoms with Crippen molar-refractivity contribution in [1.82, 2.24) is 5.32 Å². The molecule has 3 aliphatic rings. The molecule has 3 rings (SSSR count). The second kappa shape index (κ2) is 5.57. The molecule has 4 atom stereocenters. The van der Waals surface area contributed by atoms with E-state index in [1.807, 2.05) is 0 Å². The van der Waals surface area contributed by atoms with Crippen LogP contribution in [-0.2, 0) is 0 Å². The molecule has 2 fully saturated rings. The van der Waals surface area contributed by atoms with Crippen LogP contribution in [0.2, 0.25) is 0 Å². The first-order chi connectivity index (χ1) is 9.22. The van der Waals surface area contributed by atoms with Crippen LogP contribution < -0.4 is 5.32 Å². The lowest BCUT2D eigenvalue weighted by Crippen LogP contribution is -2.45. The predicted molar refractivity (Wildman–Crippen MR) is 78.9 cm³/mol. The third-order valence-corrected chi connectivity index (χ3v) is 6.02. The van der Waals surface area contributed by atoms with E-state index in [1.54, 1.807) is 0 Å². The number of rotatable bonds is 5. The first kappa shape index (κ1) is 13.6. The monoisotopic (exact) mass is 263 g/mol. The van der Waals surface area contributed by atoms with Crippen LogP contribution in [0.5, 0.6) is 0 Å². The molecule has 0 aliphatic heterocycles. The summed E-state index contributed by atoms with van der Waals surface area (Å²) in [6, 6.07) is 0.602. The summed E-state index contributed by atoms with van der Waals surface area (Å²) in [6.45, 7) is 3.73. The summed E-state index contributed by atoms with van der Waals surface area (Å²) in [5.41, 5.74) is 0.181. The number of aliphatic hydroxyl groups excluding tert-OH is 1. The Morgan fingerprint density at radius 3 is 2.58 bits per heavy atom. The van der Waals surface area contributed by atoms with Gasteiger partial charge in [0.2, 0.25) is 0 Å². The van der Waals surface area contributed by atoms with Gasteiger partial charge in [-0.15, -0.1) is 0 Å². The Balaban J connectivity index is 1.52. The van der Waals surface area contributed by atoms with Gasteiger partial charge in [-0.25, -0.2) is 0 Å². The van der Waals surface area contributed by atoms with Crippen molar-refractivity contribution in [1.29, 1.82) is 0 Å². The number of nitrogens with one attached hydrogen (secondary N) is 1. The molecule has 0 aromatic heterocycles. The van der Waals surface area contributed by atoms with E-state index in [4.69, 9.17) is 0 Å². The van der Waals surface area contributed by atoms with E-state index in [1.165, 1.54) is 44.9 Å². The summed E-state index contributed by atoms with van der Waals surface area (Å²) in [5, 5.41) is 13.6. The molecule has 108 valence electrons. The zero-order valence-electron chi connectivity index (χ0n) is 12.3. The molecule has 0 aromatic carbocycles. The molecule has 2 N–H and O–H groups in total. The normalized spacial score (nSPS) is 37.7. The van der Waals surface area contributed by atoms with Gasteiger partial charge in [0, 0.05) is 24.6 Å². The Hall–Kier alpha value is -0.340. The van der Waals surface area contributed by atoms with Crippen LogP contribution in [0.15, 0.2) is 12.2 Å². The number of allylic oxidation sites excluding steroid dienone is 2. The topological polar surface area (TPSA) is 32.3 Å². The van der Waals surface area contributed by atoms with Crippen LogP contribution in [0.25, 0.3) is 0 Å². The fourth-order valence-corrected chi connectivity index (χ4v) is 4.62. The number of hydrogen-bond acceptors (Lipinski definition) is 2. The van der Waals surface area contributed by atoms with E-state index in [-0.39, 0.29) is 5.41 Å². The molecule has 3 aliphatic carbocycles. The smallest absolute Gasteiger partial charge is 0.0499 e. The minimum Gasteiger partial charge on any atom is -0.396 e. The van der Waals surface area contributed by atoms with Crippen LogP contribution >= 0.6 is 0 Å². The van der Waals surface area contributed by atoms with Crippen molar-refractivity contribution < 1.29 is 5.11 Å². The van der Waals surface area contributed by atoms with Crippen molar-refractivity contribution in [2.24, 2.45) is 23.2 Å². The first-order valence-corrected chi connectivity index (χ1v) is 8.25. The Morgan fingerprint density at radius 2 is 2.00 bits per heavy atom. The summed E-state index contributed by atoms with van der Waals surface area (Å²) < 4.78 is 0. The highest BCUT2D eigenvalue weighted by molar-refractivity contribution is 5.11. The molecule has 2 nitrogen and oxygen atoms in total. The van der Waals surface area contributed by atoms with E-state index in [2.05, 4.69) is 24.4 Å². The van der Waals surface area contributed by atoms with Crippen LogP contribution in [0, 0.1) is 23.2 Å². The highest BCUT2D eigenvalue weighted by Crippen LogP contribution is 2.45.